The Balaban J connectivity index is 1.33. The van der Waals surface area contributed by atoms with Crippen molar-refractivity contribution in [2.75, 3.05) is 40.6 Å². The van der Waals surface area contributed by atoms with Crippen LogP contribution in [0.1, 0.15) is 27.0 Å². The minimum absolute atomic E-state index is 0.0112. The summed E-state index contributed by atoms with van der Waals surface area (Å²) in [5.41, 5.74) is 3.73. The van der Waals surface area contributed by atoms with Gasteiger partial charge in [0.15, 0.2) is 23.0 Å². The summed E-state index contributed by atoms with van der Waals surface area (Å²) < 4.78 is 21.7. The molecule has 37 heavy (non-hydrogen) atoms. The molecule has 8 heteroatoms. The summed E-state index contributed by atoms with van der Waals surface area (Å²) >= 11 is 0. The number of methoxy groups -OCH3 is 2. The lowest BCUT2D eigenvalue weighted by Crippen LogP contribution is -2.45. The molecule has 2 aliphatic heterocycles. The van der Waals surface area contributed by atoms with Gasteiger partial charge in [0.25, 0.3) is 5.91 Å². The van der Waals surface area contributed by atoms with Gasteiger partial charge in [0.2, 0.25) is 12.7 Å². The topological polar surface area (TPSA) is 77.5 Å². The van der Waals surface area contributed by atoms with Gasteiger partial charge in [-0.25, -0.2) is 0 Å². The fraction of sp³-hybridized carbons (Fsp3) is 0.310. The standard InChI is InChI=1S/C29H30N2O6/c1-34-25-14-21-11-13-30(17-23(21)16-26(25)35-2)28(32)18-31(12-10-20-6-4-3-5-7-20)29(33)22-8-9-24-27(15-22)37-19-36-24/h3-9,14-16H,10-13,17-19H2,1-2H3. The SMILES string of the molecule is COc1cc2c(cc1OC)CN(C(=O)CN(CCc1ccccc1)C(=O)c1ccc3c(c1)OCO3)CC2. The van der Waals surface area contributed by atoms with E-state index in [1.165, 1.54) is 0 Å². The van der Waals surface area contributed by atoms with E-state index in [0.29, 0.717) is 61.0 Å². The number of carbonyl (C=O) groups is 2. The molecule has 3 aromatic rings. The molecule has 3 aromatic carbocycles. The van der Waals surface area contributed by atoms with Crippen molar-refractivity contribution in [2.24, 2.45) is 0 Å². The number of ether oxygens (including phenoxy) is 4. The number of benzene rings is 3. The maximum Gasteiger partial charge on any atom is 0.254 e. The maximum absolute atomic E-state index is 13.6. The summed E-state index contributed by atoms with van der Waals surface area (Å²) in [4.78, 5) is 30.5. The Morgan fingerprint density at radius 1 is 0.919 bits per heavy atom. The van der Waals surface area contributed by atoms with Crippen LogP contribution in [-0.2, 0) is 24.2 Å². The Hall–Kier alpha value is -4.20. The molecule has 2 aliphatic rings. The molecule has 0 N–H and O–H groups in total. The van der Waals surface area contributed by atoms with Gasteiger partial charge < -0.3 is 28.7 Å². The van der Waals surface area contributed by atoms with Crippen LogP contribution in [0.25, 0.3) is 0 Å². The van der Waals surface area contributed by atoms with Gasteiger partial charge in [-0.15, -0.1) is 0 Å². The van der Waals surface area contributed by atoms with Gasteiger partial charge in [0.05, 0.1) is 14.2 Å². The van der Waals surface area contributed by atoms with Crippen LogP contribution in [0.4, 0.5) is 0 Å². The van der Waals surface area contributed by atoms with Crippen LogP contribution in [0, 0.1) is 0 Å². The fourth-order valence-corrected chi connectivity index (χ4v) is 4.73. The van der Waals surface area contributed by atoms with E-state index in [-0.39, 0.29) is 25.2 Å². The van der Waals surface area contributed by atoms with Crippen LogP contribution in [0.15, 0.2) is 60.7 Å². The Morgan fingerprint density at radius 2 is 1.65 bits per heavy atom. The van der Waals surface area contributed by atoms with Crippen LogP contribution < -0.4 is 18.9 Å². The van der Waals surface area contributed by atoms with Crippen molar-refractivity contribution in [3.05, 3.63) is 82.9 Å². The average molecular weight is 503 g/mol. The van der Waals surface area contributed by atoms with Crippen molar-refractivity contribution in [3.63, 3.8) is 0 Å². The Labute approximate surface area is 216 Å². The van der Waals surface area contributed by atoms with E-state index in [9.17, 15) is 9.59 Å². The number of carbonyl (C=O) groups excluding carboxylic acids is 2. The fourth-order valence-electron chi connectivity index (χ4n) is 4.73. The van der Waals surface area contributed by atoms with Gasteiger partial charge in [-0.1, -0.05) is 30.3 Å². The van der Waals surface area contributed by atoms with Crippen molar-refractivity contribution >= 4 is 11.8 Å². The molecule has 0 fully saturated rings. The molecule has 0 aromatic heterocycles. The highest BCUT2D eigenvalue weighted by atomic mass is 16.7. The van der Waals surface area contributed by atoms with E-state index >= 15 is 0 Å². The maximum atomic E-state index is 13.6. The summed E-state index contributed by atoms with van der Waals surface area (Å²) in [7, 11) is 3.21. The van der Waals surface area contributed by atoms with Crippen molar-refractivity contribution in [2.45, 2.75) is 19.4 Å². The number of nitrogens with zero attached hydrogens (tertiary/aromatic N) is 2. The zero-order valence-electron chi connectivity index (χ0n) is 21.1. The summed E-state index contributed by atoms with van der Waals surface area (Å²) in [6, 6.07) is 19.0. The van der Waals surface area contributed by atoms with Crippen LogP contribution in [-0.4, -0.2) is 62.3 Å². The van der Waals surface area contributed by atoms with E-state index in [0.717, 1.165) is 16.7 Å². The molecule has 0 spiro atoms. The smallest absolute Gasteiger partial charge is 0.254 e. The van der Waals surface area contributed by atoms with Crippen LogP contribution in [0.2, 0.25) is 0 Å². The molecule has 0 unspecified atom stereocenters. The van der Waals surface area contributed by atoms with Gasteiger partial charge in [0.1, 0.15) is 6.54 Å². The highest BCUT2D eigenvalue weighted by Gasteiger charge is 2.27. The monoisotopic (exact) mass is 502 g/mol. The van der Waals surface area contributed by atoms with Gasteiger partial charge in [0, 0.05) is 25.2 Å². The lowest BCUT2D eigenvalue weighted by Gasteiger charge is -2.32. The molecule has 192 valence electrons. The highest BCUT2D eigenvalue weighted by Crippen LogP contribution is 2.34. The Bertz CT molecular complexity index is 1290. The normalized spacial score (nSPS) is 13.6. The molecular weight excluding hydrogens is 472 g/mol. The summed E-state index contributed by atoms with van der Waals surface area (Å²) in [6.45, 7) is 1.57. The third-order valence-corrected chi connectivity index (χ3v) is 6.82. The molecule has 0 radical (unpaired) electrons. The lowest BCUT2D eigenvalue weighted by atomic mass is 9.98. The quantitative estimate of drug-likeness (QED) is 0.468. The van der Waals surface area contributed by atoms with Crippen molar-refractivity contribution in [3.8, 4) is 23.0 Å². The minimum atomic E-state index is -0.216. The van der Waals surface area contributed by atoms with E-state index < -0.39 is 0 Å². The highest BCUT2D eigenvalue weighted by molar-refractivity contribution is 5.97. The molecular formula is C29H30N2O6. The Morgan fingerprint density at radius 3 is 2.41 bits per heavy atom. The third kappa shape index (κ3) is 5.33. The van der Waals surface area contributed by atoms with Gasteiger partial charge in [-0.3, -0.25) is 9.59 Å². The molecule has 0 bridgehead atoms. The predicted octanol–water partition coefficient (Wildman–Crippen LogP) is 3.70. The number of amides is 2. The second-order valence-electron chi connectivity index (χ2n) is 9.07. The first-order chi connectivity index (χ1) is 18.1. The van der Waals surface area contributed by atoms with Crippen molar-refractivity contribution in [1.82, 2.24) is 9.80 Å². The second-order valence-corrected chi connectivity index (χ2v) is 9.07. The van der Waals surface area contributed by atoms with Gasteiger partial charge in [-0.2, -0.15) is 0 Å². The summed E-state index contributed by atoms with van der Waals surface area (Å²) in [6.07, 6.45) is 1.35. The predicted molar refractivity (Wildman–Crippen MR) is 137 cm³/mol. The molecule has 5 rings (SSSR count). The first-order valence-corrected chi connectivity index (χ1v) is 12.3. The first kappa shape index (κ1) is 24.5. The summed E-state index contributed by atoms with van der Waals surface area (Å²) in [5.74, 6) is 2.16. The molecule has 0 atom stereocenters. The summed E-state index contributed by atoms with van der Waals surface area (Å²) in [5, 5.41) is 0. The van der Waals surface area contributed by atoms with Crippen molar-refractivity contribution in [1.29, 1.82) is 0 Å². The molecule has 0 aliphatic carbocycles. The zero-order chi connectivity index (χ0) is 25.8. The molecule has 2 amide bonds. The minimum Gasteiger partial charge on any atom is -0.493 e. The first-order valence-electron chi connectivity index (χ1n) is 12.3. The van der Waals surface area contributed by atoms with Crippen LogP contribution in [0.5, 0.6) is 23.0 Å². The van der Waals surface area contributed by atoms with Gasteiger partial charge in [-0.05, 0) is 59.9 Å². The van der Waals surface area contributed by atoms with E-state index in [1.54, 1.807) is 42.2 Å². The Kier molecular flexibility index (Phi) is 7.16. The second kappa shape index (κ2) is 10.8. The number of fused-ring (bicyclic) bond motifs is 2. The molecule has 0 saturated carbocycles. The van der Waals surface area contributed by atoms with Crippen molar-refractivity contribution < 1.29 is 28.5 Å². The lowest BCUT2D eigenvalue weighted by molar-refractivity contribution is -0.132. The van der Waals surface area contributed by atoms with Gasteiger partial charge >= 0.3 is 0 Å². The molecule has 2 heterocycles. The number of hydrogen-bond donors (Lipinski definition) is 0. The van der Waals surface area contributed by atoms with E-state index in [2.05, 4.69) is 0 Å². The molecule has 0 saturated heterocycles. The zero-order valence-corrected chi connectivity index (χ0v) is 21.1. The number of rotatable bonds is 8. The molecule has 8 nitrogen and oxygen atoms in total. The van der Waals surface area contributed by atoms with E-state index in [4.69, 9.17) is 18.9 Å². The largest absolute Gasteiger partial charge is 0.493 e. The van der Waals surface area contributed by atoms with E-state index in [1.807, 2.05) is 42.5 Å². The van der Waals surface area contributed by atoms with Crippen LogP contribution in [0.3, 0.4) is 0 Å². The average Bonchev–Trinajstić information content (AvgIpc) is 3.42. The van der Waals surface area contributed by atoms with Crippen LogP contribution >= 0.6 is 0 Å². The third-order valence-electron chi connectivity index (χ3n) is 6.82. The number of hydrogen-bond acceptors (Lipinski definition) is 6.